The second-order valence-electron chi connectivity index (χ2n) is 9.86. The molecule has 1 aromatic rings. The van der Waals surface area contributed by atoms with Crippen LogP contribution in [0.4, 0.5) is 0 Å². The van der Waals surface area contributed by atoms with Crippen molar-refractivity contribution in [2.45, 2.75) is 91.3 Å². The topological polar surface area (TPSA) is 68.3 Å². The highest BCUT2D eigenvalue weighted by Crippen LogP contribution is 2.39. The Hall–Kier alpha value is -2.37. The summed E-state index contributed by atoms with van der Waals surface area (Å²) in [6, 6.07) is 4.93. The first kappa shape index (κ1) is 27.9. The number of carbonyl (C=O) groups is 1. The molecule has 1 saturated heterocycles. The normalized spacial score (nSPS) is 18.2. The second kappa shape index (κ2) is 13.5. The molecule has 0 bridgehead atoms. The third kappa shape index (κ3) is 9.86. The molecule has 1 aliphatic rings. The summed E-state index contributed by atoms with van der Waals surface area (Å²) in [4.78, 5) is 11.3. The van der Waals surface area contributed by atoms with Crippen molar-refractivity contribution in [3.63, 3.8) is 0 Å². The van der Waals surface area contributed by atoms with E-state index in [2.05, 4.69) is 52.8 Å². The number of carboxylic acids is 1. The molecule has 0 spiro atoms. The minimum absolute atomic E-state index is 0.0920. The maximum atomic E-state index is 11.3. The molecular weight excluding hydrogens is 428 g/mol. The first-order valence-corrected chi connectivity index (χ1v) is 12.2. The van der Waals surface area contributed by atoms with Gasteiger partial charge >= 0.3 is 5.97 Å². The van der Waals surface area contributed by atoms with Crippen molar-refractivity contribution in [2.75, 3.05) is 13.9 Å². The number of methoxy groups -OCH3 is 1. The summed E-state index contributed by atoms with van der Waals surface area (Å²) in [5.41, 5.74) is 5.37. The van der Waals surface area contributed by atoms with Gasteiger partial charge in [0.25, 0.3) is 0 Å². The summed E-state index contributed by atoms with van der Waals surface area (Å²) in [5, 5.41) is 9.29. The van der Waals surface area contributed by atoms with Crippen molar-refractivity contribution >= 4 is 5.97 Å². The van der Waals surface area contributed by atoms with Gasteiger partial charge in [0.1, 0.15) is 5.75 Å². The molecule has 5 heteroatoms. The fourth-order valence-electron chi connectivity index (χ4n) is 3.92. The molecule has 0 saturated carbocycles. The molecule has 1 atom stereocenters. The highest BCUT2D eigenvalue weighted by atomic mass is 16.7. The number of rotatable bonds is 15. The molecule has 34 heavy (non-hydrogen) atoms. The zero-order valence-electron chi connectivity index (χ0n) is 21.8. The van der Waals surface area contributed by atoms with Crippen molar-refractivity contribution in [2.24, 2.45) is 0 Å². The number of ether oxygens (including phenoxy) is 3. The summed E-state index contributed by atoms with van der Waals surface area (Å²) >= 11 is 0. The third-order valence-corrected chi connectivity index (χ3v) is 6.34. The van der Waals surface area contributed by atoms with E-state index in [4.69, 9.17) is 14.2 Å². The Bertz CT molecular complexity index is 907. The first-order chi connectivity index (χ1) is 16.1. The number of benzene rings is 1. The van der Waals surface area contributed by atoms with E-state index in [1.165, 1.54) is 16.7 Å². The van der Waals surface area contributed by atoms with Crippen molar-refractivity contribution < 1.29 is 24.1 Å². The predicted octanol–water partition coefficient (Wildman–Crippen LogP) is 7.27. The molecule has 0 unspecified atom stereocenters. The second-order valence-corrected chi connectivity index (χ2v) is 9.86. The fraction of sp³-hybridized carbons (Fsp3) is 0.552. The van der Waals surface area contributed by atoms with Crippen molar-refractivity contribution in [1.29, 1.82) is 0 Å². The molecule has 1 aromatic carbocycles. The predicted molar refractivity (Wildman–Crippen MR) is 138 cm³/mol. The Labute approximate surface area is 205 Å². The molecule has 1 aliphatic heterocycles. The minimum Gasteiger partial charge on any atom is -0.478 e. The minimum atomic E-state index is -0.938. The smallest absolute Gasteiger partial charge is 0.335 e. The quantitative estimate of drug-likeness (QED) is 0.166. The number of aromatic carboxylic acids is 1. The van der Waals surface area contributed by atoms with Crippen LogP contribution in [0.15, 0.2) is 53.1 Å². The van der Waals surface area contributed by atoms with Crippen molar-refractivity contribution in [1.82, 2.24) is 0 Å². The molecule has 0 radical (unpaired) electrons. The zero-order valence-corrected chi connectivity index (χ0v) is 21.8. The molecule has 1 N–H and O–H groups in total. The Balaban J connectivity index is 1.77. The highest BCUT2D eigenvalue weighted by molar-refractivity contribution is 5.88. The van der Waals surface area contributed by atoms with Gasteiger partial charge in [-0.3, -0.25) is 0 Å². The van der Waals surface area contributed by atoms with Crippen LogP contribution in [-0.4, -0.2) is 36.7 Å². The van der Waals surface area contributed by atoms with Gasteiger partial charge in [-0.05, 0) is 103 Å². The van der Waals surface area contributed by atoms with Gasteiger partial charge in [-0.15, -0.1) is 0 Å². The van der Waals surface area contributed by atoms with Gasteiger partial charge in [-0.1, -0.05) is 34.9 Å². The Morgan fingerprint density at radius 3 is 2.18 bits per heavy atom. The standard InChI is InChI=1S/C29H42O5/c1-21(10-8-12-23(3)14-18-27-29(4,5)34-27)9-7-11-22(2)13-15-24-19-25(28(30)31)16-17-26(24)33-20-32-6/h9,12-13,16-17,19,27H,7-8,10-11,14-15,18,20H2,1-6H3,(H,30,31)/b21-9+,22-13+,23-12+/t27-/m0/s1. The van der Waals surface area contributed by atoms with Gasteiger partial charge in [-0.2, -0.15) is 0 Å². The molecule has 188 valence electrons. The van der Waals surface area contributed by atoms with Crippen LogP contribution in [0.5, 0.6) is 5.75 Å². The molecule has 0 aliphatic carbocycles. The number of carboxylic acid groups (broad SMARTS) is 1. The molecule has 1 heterocycles. The van der Waals surface area contributed by atoms with Crippen LogP contribution in [-0.2, 0) is 15.9 Å². The van der Waals surface area contributed by atoms with Crippen LogP contribution in [0.2, 0.25) is 0 Å². The van der Waals surface area contributed by atoms with E-state index in [0.717, 1.165) is 44.1 Å². The number of hydrogen-bond donors (Lipinski definition) is 1. The maximum absolute atomic E-state index is 11.3. The summed E-state index contributed by atoms with van der Waals surface area (Å²) in [6.07, 6.45) is 14.3. The average molecular weight is 471 g/mol. The van der Waals surface area contributed by atoms with Crippen LogP contribution >= 0.6 is 0 Å². The van der Waals surface area contributed by atoms with Gasteiger partial charge in [0, 0.05) is 7.11 Å². The first-order valence-electron chi connectivity index (χ1n) is 12.2. The lowest BCUT2D eigenvalue weighted by Gasteiger charge is -2.11. The largest absolute Gasteiger partial charge is 0.478 e. The van der Waals surface area contributed by atoms with Crippen LogP contribution in [0.3, 0.4) is 0 Å². The van der Waals surface area contributed by atoms with E-state index in [1.807, 2.05) is 0 Å². The third-order valence-electron chi connectivity index (χ3n) is 6.34. The monoisotopic (exact) mass is 470 g/mol. The van der Waals surface area contributed by atoms with Crippen LogP contribution < -0.4 is 4.74 Å². The lowest BCUT2D eigenvalue weighted by Crippen LogP contribution is -2.04. The Morgan fingerprint density at radius 2 is 1.62 bits per heavy atom. The van der Waals surface area contributed by atoms with Gasteiger partial charge in [0.05, 0.1) is 17.3 Å². The molecular formula is C29H42O5. The van der Waals surface area contributed by atoms with Gasteiger partial charge in [-0.25, -0.2) is 4.79 Å². The van der Waals surface area contributed by atoms with E-state index < -0.39 is 5.97 Å². The SMILES string of the molecule is COCOc1ccc(C(=O)O)cc1C/C=C(\C)CC/C=C(\C)CC/C=C(\C)CC[C@@H]1OC1(C)C. The zero-order chi connectivity index (χ0) is 25.1. The summed E-state index contributed by atoms with van der Waals surface area (Å²) in [6.45, 7) is 11.0. The fourth-order valence-corrected chi connectivity index (χ4v) is 3.92. The molecule has 1 fully saturated rings. The highest BCUT2D eigenvalue weighted by Gasteiger charge is 2.46. The van der Waals surface area contributed by atoms with Crippen molar-refractivity contribution in [3.05, 3.63) is 64.3 Å². The lowest BCUT2D eigenvalue weighted by molar-refractivity contribution is 0.0505. The van der Waals surface area contributed by atoms with Gasteiger partial charge < -0.3 is 19.3 Å². The van der Waals surface area contributed by atoms with Crippen LogP contribution in [0.1, 0.15) is 89.1 Å². The molecule has 0 aromatic heterocycles. The Kier molecular flexibility index (Phi) is 11.1. The van der Waals surface area contributed by atoms with Crippen LogP contribution in [0.25, 0.3) is 0 Å². The molecule has 0 amide bonds. The van der Waals surface area contributed by atoms with Crippen LogP contribution in [0, 0.1) is 0 Å². The van der Waals surface area contributed by atoms with Crippen molar-refractivity contribution in [3.8, 4) is 5.75 Å². The number of allylic oxidation sites excluding steroid dienone is 6. The van der Waals surface area contributed by atoms with E-state index in [9.17, 15) is 9.90 Å². The van der Waals surface area contributed by atoms with E-state index in [1.54, 1.807) is 25.3 Å². The molecule has 2 rings (SSSR count). The van der Waals surface area contributed by atoms with Gasteiger partial charge in [0.2, 0.25) is 0 Å². The molecule has 5 nitrogen and oxygen atoms in total. The summed E-state index contributed by atoms with van der Waals surface area (Å²) in [5.74, 6) is -0.282. The van der Waals surface area contributed by atoms with Gasteiger partial charge in [0.15, 0.2) is 6.79 Å². The summed E-state index contributed by atoms with van der Waals surface area (Å²) < 4.78 is 16.2. The maximum Gasteiger partial charge on any atom is 0.335 e. The average Bonchev–Trinajstić information content (AvgIpc) is 3.41. The van der Waals surface area contributed by atoms with E-state index >= 15 is 0 Å². The van der Waals surface area contributed by atoms with E-state index in [-0.39, 0.29) is 18.0 Å². The number of hydrogen-bond acceptors (Lipinski definition) is 4. The van der Waals surface area contributed by atoms with E-state index in [0.29, 0.717) is 18.3 Å². The lowest BCUT2D eigenvalue weighted by atomic mass is 10.0. The Morgan fingerprint density at radius 1 is 1.03 bits per heavy atom. The number of epoxide rings is 1. The summed E-state index contributed by atoms with van der Waals surface area (Å²) in [7, 11) is 1.56.